The van der Waals surface area contributed by atoms with E-state index in [2.05, 4.69) is 4.74 Å². The van der Waals surface area contributed by atoms with Crippen LogP contribution in [0.1, 0.15) is 6.42 Å². The number of ether oxygens (including phenoxy) is 1. The van der Waals surface area contributed by atoms with Gasteiger partial charge in [-0.1, -0.05) is 0 Å². The predicted molar refractivity (Wildman–Crippen MR) is 31.8 cm³/mol. The van der Waals surface area contributed by atoms with Crippen molar-refractivity contribution >= 4 is 10.0 Å². The highest BCUT2D eigenvalue weighted by Crippen LogP contribution is 2.17. The van der Waals surface area contributed by atoms with Gasteiger partial charge < -0.3 is 4.74 Å². The summed E-state index contributed by atoms with van der Waals surface area (Å²) in [5.41, 5.74) is 0. The van der Waals surface area contributed by atoms with Crippen molar-refractivity contribution in [1.82, 2.24) is 0 Å². The quantitative estimate of drug-likeness (QED) is 0.590. The first kappa shape index (κ1) is 6.57. The number of sulfonamides is 1. The molecule has 1 aliphatic rings. The summed E-state index contributed by atoms with van der Waals surface area (Å²) in [7, 11) is -3.30. The highest BCUT2D eigenvalue weighted by atomic mass is 32.2. The Bertz CT molecular complexity index is 228. The van der Waals surface area contributed by atoms with Crippen LogP contribution in [0.15, 0.2) is 12.0 Å². The number of hydrogen-bond donors (Lipinski definition) is 1. The first-order valence-corrected chi connectivity index (χ1v) is 4.16. The molecule has 0 atom stereocenters. The summed E-state index contributed by atoms with van der Waals surface area (Å²) in [6, 6.07) is 0. The molecule has 0 fully saturated rings. The molecule has 1 heterocycles. The fraction of sp³-hybridized carbons (Fsp3) is 0.500. The van der Waals surface area contributed by atoms with E-state index in [1.54, 1.807) is 0 Å². The van der Waals surface area contributed by atoms with E-state index < -0.39 is 10.0 Å². The molecule has 0 radical (unpaired) electrons. The number of nitrogens with two attached hydrogens (primary N) is 1. The largest absolute Gasteiger partial charge is 0.463 e. The van der Waals surface area contributed by atoms with Crippen molar-refractivity contribution in [3.8, 4) is 0 Å². The molecule has 2 N–H and O–H groups in total. The van der Waals surface area contributed by atoms with Gasteiger partial charge in [-0.25, -0.2) is 13.6 Å². The van der Waals surface area contributed by atoms with Crippen LogP contribution in [0, 0.1) is 0 Å². The van der Waals surface area contributed by atoms with Gasteiger partial charge in [0.05, 0.1) is 5.75 Å². The Morgan fingerprint density at radius 1 is 1.67 bits per heavy atom. The Morgan fingerprint density at radius 3 is 2.56 bits per heavy atom. The fourth-order valence-corrected chi connectivity index (χ4v) is 0.888. The topological polar surface area (TPSA) is 72.7 Å². The maximum absolute atomic E-state index is 10.3. The Morgan fingerprint density at radius 2 is 2.22 bits per heavy atom. The SMILES string of the molecule is NS(=O)(=O)CCC1=CO1. The molecule has 0 aromatic heterocycles. The lowest BCUT2D eigenvalue weighted by Crippen LogP contribution is -2.15. The van der Waals surface area contributed by atoms with Crippen LogP contribution < -0.4 is 5.14 Å². The Hall–Kier alpha value is -0.550. The van der Waals surface area contributed by atoms with Gasteiger partial charge in [0.25, 0.3) is 0 Å². The van der Waals surface area contributed by atoms with E-state index >= 15 is 0 Å². The molecule has 9 heavy (non-hydrogen) atoms. The highest BCUT2D eigenvalue weighted by Gasteiger charge is 2.12. The van der Waals surface area contributed by atoms with Crippen LogP contribution in [0.25, 0.3) is 0 Å². The summed E-state index contributed by atoms with van der Waals surface area (Å²) >= 11 is 0. The zero-order chi connectivity index (χ0) is 6.91. The molecular weight excluding hydrogens is 142 g/mol. The molecule has 0 aliphatic carbocycles. The first-order valence-electron chi connectivity index (χ1n) is 2.44. The van der Waals surface area contributed by atoms with Gasteiger partial charge in [0.15, 0.2) is 0 Å². The third-order valence-corrected chi connectivity index (χ3v) is 1.69. The van der Waals surface area contributed by atoms with Crippen molar-refractivity contribution in [2.75, 3.05) is 5.75 Å². The Labute approximate surface area is 53.4 Å². The summed E-state index contributed by atoms with van der Waals surface area (Å²) < 4.78 is 25.1. The van der Waals surface area contributed by atoms with E-state index in [1.165, 1.54) is 6.26 Å². The van der Waals surface area contributed by atoms with Crippen LogP contribution >= 0.6 is 0 Å². The molecule has 1 rings (SSSR count). The van der Waals surface area contributed by atoms with Crippen molar-refractivity contribution in [2.45, 2.75) is 6.42 Å². The molecule has 0 saturated heterocycles. The minimum Gasteiger partial charge on any atom is -0.463 e. The van der Waals surface area contributed by atoms with E-state index in [-0.39, 0.29) is 5.75 Å². The smallest absolute Gasteiger partial charge is 0.209 e. The van der Waals surface area contributed by atoms with Gasteiger partial charge in [-0.3, -0.25) is 0 Å². The van der Waals surface area contributed by atoms with E-state index in [0.29, 0.717) is 12.2 Å². The van der Waals surface area contributed by atoms with Crippen molar-refractivity contribution in [3.05, 3.63) is 12.0 Å². The lowest BCUT2D eigenvalue weighted by molar-refractivity contribution is 0.487. The van der Waals surface area contributed by atoms with Crippen LogP contribution in [0.3, 0.4) is 0 Å². The van der Waals surface area contributed by atoms with Gasteiger partial charge in [0.1, 0.15) is 12.0 Å². The number of hydrogen-bond acceptors (Lipinski definition) is 3. The summed E-state index contributed by atoms with van der Waals surface area (Å²) in [5, 5.41) is 4.70. The van der Waals surface area contributed by atoms with E-state index in [0.717, 1.165) is 0 Å². The van der Waals surface area contributed by atoms with Gasteiger partial charge in [-0.2, -0.15) is 0 Å². The zero-order valence-corrected chi connectivity index (χ0v) is 5.52. The normalized spacial score (nSPS) is 16.3. The van der Waals surface area contributed by atoms with Crippen molar-refractivity contribution in [1.29, 1.82) is 0 Å². The molecule has 0 bridgehead atoms. The minimum absolute atomic E-state index is 0.0289. The molecule has 4 nitrogen and oxygen atoms in total. The molecule has 52 valence electrons. The van der Waals surface area contributed by atoms with Gasteiger partial charge in [0, 0.05) is 6.42 Å². The van der Waals surface area contributed by atoms with E-state index in [4.69, 9.17) is 5.14 Å². The van der Waals surface area contributed by atoms with Gasteiger partial charge in [-0.15, -0.1) is 0 Å². The summed E-state index contributed by atoms with van der Waals surface area (Å²) in [4.78, 5) is 0. The standard InChI is InChI=1S/C4H7NO3S/c5-9(6,7)2-1-4-3-8-4/h3H,1-2H2,(H2,5,6,7). The average molecular weight is 149 g/mol. The van der Waals surface area contributed by atoms with Gasteiger partial charge in [-0.05, 0) is 0 Å². The van der Waals surface area contributed by atoms with Gasteiger partial charge >= 0.3 is 0 Å². The maximum Gasteiger partial charge on any atom is 0.209 e. The molecule has 0 saturated carbocycles. The zero-order valence-electron chi connectivity index (χ0n) is 4.70. The number of allylic oxidation sites excluding steroid dienone is 1. The molecule has 1 aliphatic heterocycles. The molecule has 0 aromatic carbocycles. The highest BCUT2D eigenvalue weighted by molar-refractivity contribution is 7.89. The number of rotatable bonds is 3. The van der Waals surface area contributed by atoms with Crippen LogP contribution in [0.4, 0.5) is 0 Å². The Kier molecular flexibility index (Phi) is 1.46. The van der Waals surface area contributed by atoms with Crippen LogP contribution in [0.2, 0.25) is 0 Å². The van der Waals surface area contributed by atoms with Crippen LogP contribution in [-0.2, 0) is 14.8 Å². The number of primary sulfonamides is 1. The third kappa shape index (κ3) is 3.10. The van der Waals surface area contributed by atoms with Crippen molar-refractivity contribution in [3.63, 3.8) is 0 Å². The van der Waals surface area contributed by atoms with Gasteiger partial charge in [0.2, 0.25) is 10.0 Å². The van der Waals surface area contributed by atoms with Crippen LogP contribution in [-0.4, -0.2) is 14.2 Å². The maximum atomic E-state index is 10.3. The predicted octanol–water partition coefficient (Wildman–Crippen LogP) is -0.463. The molecular formula is C4H7NO3S. The van der Waals surface area contributed by atoms with Crippen molar-refractivity contribution < 1.29 is 13.2 Å². The molecule has 0 spiro atoms. The lowest BCUT2D eigenvalue weighted by atomic mass is 10.5. The second-order valence-electron chi connectivity index (χ2n) is 1.82. The fourth-order valence-electron chi connectivity index (χ4n) is 0.402. The van der Waals surface area contributed by atoms with E-state index in [9.17, 15) is 8.42 Å². The average Bonchev–Trinajstić information content (AvgIpc) is 2.38. The van der Waals surface area contributed by atoms with Crippen molar-refractivity contribution in [2.24, 2.45) is 5.14 Å². The molecule has 0 unspecified atom stereocenters. The first-order chi connectivity index (χ1) is 4.08. The third-order valence-electron chi connectivity index (χ3n) is 0.917. The van der Waals surface area contributed by atoms with E-state index in [1.807, 2.05) is 0 Å². The second-order valence-corrected chi connectivity index (χ2v) is 3.55. The monoisotopic (exact) mass is 149 g/mol. The second kappa shape index (κ2) is 2.00. The lowest BCUT2D eigenvalue weighted by Gasteiger charge is -1.89. The molecule has 0 aromatic rings. The summed E-state index contributed by atoms with van der Waals surface area (Å²) in [6.45, 7) is 0. The minimum atomic E-state index is -3.30. The summed E-state index contributed by atoms with van der Waals surface area (Å²) in [5.74, 6) is 0.683. The molecule has 0 amide bonds. The molecule has 5 heteroatoms. The van der Waals surface area contributed by atoms with Crippen LogP contribution in [0.5, 0.6) is 0 Å². The summed E-state index contributed by atoms with van der Waals surface area (Å²) in [6.07, 6.45) is 1.91. The Balaban J connectivity index is 2.26.